The van der Waals surface area contributed by atoms with E-state index in [4.69, 9.17) is 4.74 Å². The summed E-state index contributed by atoms with van der Waals surface area (Å²) in [6.07, 6.45) is 0. The molecule has 1 aliphatic rings. The van der Waals surface area contributed by atoms with E-state index in [1.165, 1.54) is 11.8 Å². The Balaban J connectivity index is 1.51. The van der Waals surface area contributed by atoms with Gasteiger partial charge in [-0.05, 0) is 55.5 Å². The molecule has 3 rings (SSSR count). The molecule has 2 aromatic rings. The van der Waals surface area contributed by atoms with E-state index in [-0.39, 0.29) is 11.4 Å². The van der Waals surface area contributed by atoms with Crippen molar-refractivity contribution in [2.75, 3.05) is 43.9 Å². The van der Waals surface area contributed by atoms with Gasteiger partial charge in [-0.1, -0.05) is 11.8 Å². The van der Waals surface area contributed by atoms with Crippen molar-refractivity contribution in [3.63, 3.8) is 0 Å². The van der Waals surface area contributed by atoms with Crippen molar-refractivity contribution < 1.29 is 9.53 Å². The molecule has 1 fully saturated rings. The second-order valence-corrected chi connectivity index (χ2v) is 8.34. The van der Waals surface area contributed by atoms with Crippen molar-refractivity contribution >= 4 is 23.4 Å². The van der Waals surface area contributed by atoms with Gasteiger partial charge in [-0.2, -0.15) is 0 Å². The van der Waals surface area contributed by atoms with Crippen LogP contribution in [0.25, 0.3) is 0 Å². The average molecular weight is 391 g/mol. The molecule has 0 N–H and O–H groups in total. The molecule has 0 saturated carbocycles. The highest BCUT2D eigenvalue weighted by Crippen LogP contribution is 2.23. The predicted octanol–water partition coefficient (Wildman–Crippen LogP) is 1.88. The molecule has 0 aliphatic carbocycles. The molecule has 0 spiro atoms. The van der Waals surface area contributed by atoms with Crippen LogP contribution in [0.3, 0.4) is 0 Å². The second-order valence-electron chi connectivity index (χ2n) is 7.40. The molecule has 8 nitrogen and oxygen atoms in total. The Morgan fingerprint density at radius 3 is 2.41 bits per heavy atom. The van der Waals surface area contributed by atoms with E-state index in [2.05, 4.69) is 32.6 Å². The molecule has 1 aliphatic heterocycles. The number of methoxy groups -OCH3 is 1. The van der Waals surface area contributed by atoms with Crippen LogP contribution in [0.5, 0.6) is 5.75 Å². The number of tetrazole rings is 1. The van der Waals surface area contributed by atoms with Crippen molar-refractivity contribution in [1.29, 1.82) is 0 Å². The fourth-order valence-electron chi connectivity index (χ4n) is 2.91. The van der Waals surface area contributed by atoms with E-state index in [9.17, 15) is 4.79 Å². The van der Waals surface area contributed by atoms with E-state index in [1.54, 1.807) is 11.8 Å². The second kappa shape index (κ2) is 8.16. The normalized spacial score (nSPS) is 15.1. The van der Waals surface area contributed by atoms with Crippen molar-refractivity contribution in [1.82, 2.24) is 25.1 Å². The highest BCUT2D eigenvalue weighted by molar-refractivity contribution is 7.99. The Morgan fingerprint density at radius 2 is 1.81 bits per heavy atom. The fourth-order valence-corrected chi connectivity index (χ4v) is 3.88. The van der Waals surface area contributed by atoms with Crippen molar-refractivity contribution in [2.24, 2.45) is 0 Å². The first-order valence-corrected chi connectivity index (χ1v) is 9.95. The van der Waals surface area contributed by atoms with Gasteiger partial charge in [-0.15, -0.1) is 5.10 Å². The van der Waals surface area contributed by atoms with Gasteiger partial charge < -0.3 is 14.5 Å². The molecule has 1 saturated heterocycles. The van der Waals surface area contributed by atoms with Crippen molar-refractivity contribution in [3.8, 4) is 5.75 Å². The van der Waals surface area contributed by atoms with Crippen molar-refractivity contribution in [3.05, 3.63) is 24.3 Å². The summed E-state index contributed by atoms with van der Waals surface area (Å²) in [7, 11) is 1.66. The lowest BCUT2D eigenvalue weighted by atomic mass is 10.1. The number of carbonyl (C=O) groups excluding carboxylic acids is 1. The first-order valence-electron chi connectivity index (χ1n) is 8.97. The van der Waals surface area contributed by atoms with Crippen LogP contribution in [0, 0.1) is 0 Å². The van der Waals surface area contributed by atoms with Crippen LogP contribution in [0.4, 0.5) is 5.69 Å². The molecule has 0 atom stereocenters. The minimum absolute atomic E-state index is 0.123. The third-order valence-electron chi connectivity index (χ3n) is 4.47. The van der Waals surface area contributed by atoms with Gasteiger partial charge in [0.05, 0.1) is 18.4 Å². The number of nitrogens with zero attached hydrogens (tertiary/aromatic N) is 6. The van der Waals surface area contributed by atoms with E-state index in [1.807, 2.05) is 37.8 Å². The summed E-state index contributed by atoms with van der Waals surface area (Å²) >= 11 is 1.39. The minimum Gasteiger partial charge on any atom is -0.497 e. The molecule has 9 heteroatoms. The molecule has 0 bridgehead atoms. The topological polar surface area (TPSA) is 76.4 Å². The van der Waals surface area contributed by atoms with Crippen LogP contribution in [-0.2, 0) is 10.3 Å². The Hall–Kier alpha value is -2.29. The summed E-state index contributed by atoms with van der Waals surface area (Å²) in [5.74, 6) is 1.32. The number of hydrogen-bond donors (Lipinski definition) is 0. The van der Waals surface area contributed by atoms with Gasteiger partial charge in [0.2, 0.25) is 11.1 Å². The van der Waals surface area contributed by atoms with Gasteiger partial charge in [-0.3, -0.25) is 4.79 Å². The lowest BCUT2D eigenvalue weighted by Crippen LogP contribution is -2.49. The Kier molecular flexibility index (Phi) is 5.88. The molecule has 0 radical (unpaired) electrons. The maximum atomic E-state index is 12.6. The number of amides is 1. The van der Waals surface area contributed by atoms with Gasteiger partial charge in [0, 0.05) is 31.9 Å². The number of hydrogen-bond acceptors (Lipinski definition) is 7. The fraction of sp³-hybridized carbons (Fsp3) is 0.556. The molecule has 1 amide bonds. The molecule has 146 valence electrons. The standard InChI is InChI=1S/C18H26N6O2S/c1-18(2,3)24-17(19-20-21-24)27-13-16(25)23-11-9-22(10-12-23)14-5-7-15(26-4)8-6-14/h5-8H,9-13H2,1-4H3. The third kappa shape index (κ3) is 4.71. The number of thioether (sulfide) groups is 1. The van der Waals surface area contributed by atoms with Crippen LogP contribution in [0.15, 0.2) is 29.4 Å². The predicted molar refractivity (Wildman–Crippen MR) is 105 cm³/mol. The monoisotopic (exact) mass is 390 g/mol. The highest BCUT2D eigenvalue weighted by atomic mass is 32.2. The summed E-state index contributed by atoms with van der Waals surface area (Å²) < 4.78 is 6.96. The lowest BCUT2D eigenvalue weighted by Gasteiger charge is -2.36. The molecule has 0 unspecified atom stereocenters. The van der Waals surface area contributed by atoms with Crippen molar-refractivity contribution in [2.45, 2.75) is 31.5 Å². The summed E-state index contributed by atoms with van der Waals surface area (Å²) in [6.45, 7) is 9.19. The highest BCUT2D eigenvalue weighted by Gasteiger charge is 2.24. The Bertz CT molecular complexity index is 763. The minimum atomic E-state index is -0.209. The first-order chi connectivity index (χ1) is 12.9. The molecule has 1 aromatic carbocycles. The van der Waals surface area contributed by atoms with Crippen LogP contribution >= 0.6 is 11.8 Å². The zero-order valence-electron chi connectivity index (χ0n) is 16.3. The van der Waals surface area contributed by atoms with Gasteiger partial charge in [-0.25, -0.2) is 4.68 Å². The summed E-state index contributed by atoms with van der Waals surface area (Å²) in [4.78, 5) is 16.8. The zero-order chi connectivity index (χ0) is 19.4. The van der Waals surface area contributed by atoms with Crippen LogP contribution in [0.2, 0.25) is 0 Å². The molecule has 2 heterocycles. The number of anilines is 1. The number of aromatic nitrogens is 4. The number of piperazine rings is 1. The van der Waals surface area contributed by atoms with Gasteiger partial charge in [0.15, 0.2) is 0 Å². The third-order valence-corrected chi connectivity index (χ3v) is 5.38. The van der Waals surface area contributed by atoms with Gasteiger partial charge in [0.1, 0.15) is 5.75 Å². The Labute approximate surface area is 163 Å². The lowest BCUT2D eigenvalue weighted by molar-refractivity contribution is -0.128. The largest absolute Gasteiger partial charge is 0.497 e. The smallest absolute Gasteiger partial charge is 0.233 e. The number of rotatable bonds is 5. The average Bonchev–Trinajstić information content (AvgIpc) is 3.15. The summed E-state index contributed by atoms with van der Waals surface area (Å²) in [5, 5.41) is 12.5. The molecular formula is C18H26N6O2S. The zero-order valence-corrected chi connectivity index (χ0v) is 17.1. The molecule has 27 heavy (non-hydrogen) atoms. The van der Waals surface area contributed by atoms with E-state index < -0.39 is 0 Å². The van der Waals surface area contributed by atoms with Crippen LogP contribution < -0.4 is 9.64 Å². The molecular weight excluding hydrogens is 364 g/mol. The maximum Gasteiger partial charge on any atom is 0.233 e. The quantitative estimate of drug-likeness (QED) is 0.722. The molecule has 1 aromatic heterocycles. The van der Waals surface area contributed by atoms with Gasteiger partial charge >= 0.3 is 0 Å². The first kappa shape index (κ1) is 19.5. The SMILES string of the molecule is COc1ccc(N2CCN(C(=O)CSc3nnnn3C(C)(C)C)CC2)cc1. The Morgan fingerprint density at radius 1 is 1.15 bits per heavy atom. The maximum absolute atomic E-state index is 12.6. The number of ether oxygens (including phenoxy) is 1. The summed E-state index contributed by atoms with van der Waals surface area (Å²) in [6, 6.07) is 8.03. The summed E-state index contributed by atoms with van der Waals surface area (Å²) in [5.41, 5.74) is 0.945. The van der Waals surface area contributed by atoms with Crippen LogP contribution in [0.1, 0.15) is 20.8 Å². The van der Waals surface area contributed by atoms with Gasteiger partial charge in [0.25, 0.3) is 0 Å². The number of benzene rings is 1. The number of carbonyl (C=O) groups is 1. The van der Waals surface area contributed by atoms with E-state index in [0.29, 0.717) is 10.9 Å². The van der Waals surface area contributed by atoms with E-state index in [0.717, 1.165) is 37.6 Å². The van der Waals surface area contributed by atoms with Crippen LogP contribution in [-0.4, -0.2) is 70.1 Å². The van der Waals surface area contributed by atoms with E-state index >= 15 is 0 Å².